The molecule has 1 fully saturated rings. The maximum Gasteiger partial charge on any atom is 0.223 e. The molecule has 78 valence electrons. The first-order chi connectivity index (χ1) is 6.77. The monoisotopic (exact) mass is 195 g/mol. The van der Waals surface area contributed by atoms with Gasteiger partial charge in [-0.05, 0) is 19.3 Å². The predicted octanol–water partition coefficient (Wildman–Crippen LogP) is 0.936. The molecule has 1 aliphatic heterocycles. The Balaban J connectivity index is 1.84. The Hall–Kier alpha value is -0.830. The molecule has 1 aliphatic carbocycles. The third kappa shape index (κ3) is 1.98. The second-order valence-electron chi connectivity index (χ2n) is 4.19. The van der Waals surface area contributed by atoms with Gasteiger partial charge in [0.15, 0.2) is 0 Å². The van der Waals surface area contributed by atoms with Gasteiger partial charge in [-0.1, -0.05) is 12.2 Å². The Morgan fingerprint density at radius 1 is 1.43 bits per heavy atom. The van der Waals surface area contributed by atoms with Crippen molar-refractivity contribution in [3.63, 3.8) is 0 Å². The van der Waals surface area contributed by atoms with Crippen molar-refractivity contribution in [3.05, 3.63) is 12.2 Å². The molecule has 0 aromatic heterocycles. The number of aliphatic hydroxyl groups excluding tert-OH is 1. The average Bonchev–Trinajstić information content (AvgIpc) is 2.77. The largest absolute Gasteiger partial charge is 0.392 e. The molecule has 0 unspecified atom stereocenters. The molecule has 1 heterocycles. The van der Waals surface area contributed by atoms with Crippen LogP contribution in [0.2, 0.25) is 0 Å². The van der Waals surface area contributed by atoms with Gasteiger partial charge in [-0.25, -0.2) is 0 Å². The lowest BCUT2D eigenvalue weighted by Crippen LogP contribution is -2.30. The Morgan fingerprint density at radius 3 is 2.71 bits per heavy atom. The highest BCUT2D eigenvalue weighted by Gasteiger charge is 2.26. The van der Waals surface area contributed by atoms with Crippen LogP contribution in [0.4, 0.5) is 0 Å². The highest BCUT2D eigenvalue weighted by molar-refractivity contribution is 5.77. The third-order valence-corrected chi connectivity index (χ3v) is 3.12. The predicted molar refractivity (Wildman–Crippen MR) is 53.7 cm³/mol. The molecule has 0 aromatic rings. The normalized spacial score (nSPS) is 31.4. The summed E-state index contributed by atoms with van der Waals surface area (Å²) in [7, 11) is 0. The minimum Gasteiger partial charge on any atom is -0.392 e. The van der Waals surface area contributed by atoms with E-state index in [1.54, 1.807) is 0 Å². The molecule has 0 spiro atoms. The highest BCUT2D eigenvalue weighted by Crippen LogP contribution is 2.23. The summed E-state index contributed by atoms with van der Waals surface area (Å²) in [6, 6.07) is 0. The summed E-state index contributed by atoms with van der Waals surface area (Å²) in [5.41, 5.74) is 0. The fraction of sp³-hybridized carbons (Fsp3) is 0.727. The maximum atomic E-state index is 11.7. The van der Waals surface area contributed by atoms with Crippen LogP contribution >= 0.6 is 0 Å². The fourth-order valence-corrected chi connectivity index (χ4v) is 2.20. The van der Waals surface area contributed by atoms with Crippen LogP contribution in [0.15, 0.2) is 12.2 Å². The first kappa shape index (κ1) is 9.71. The van der Waals surface area contributed by atoms with Crippen LogP contribution in [0.5, 0.6) is 0 Å². The number of carbonyl (C=O) groups is 1. The summed E-state index contributed by atoms with van der Waals surface area (Å²) in [4.78, 5) is 13.6. The van der Waals surface area contributed by atoms with Gasteiger partial charge in [0, 0.05) is 25.4 Å². The third-order valence-electron chi connectivity index (χ3n) is 3.12. The van der Waals surface area contributed by atoms with Gasteiger partial charge in [0.25, 0.3) is 0 Å². The van der Waals surface area contributed by atoms with E-state index in [2.05, 4.69) is 0 Å². The highest BCUT2D eigenvalue weighted by atomic mass is 16.3. The number of likely N-dealkylation sites (tertiary alicyclic amines) is 1. The molecular weight excluding hydrogens is 178 g/mol. The number of hydrogen-bond acceptors (Lipinski definition) is 2. The molecule has 0 radical (unpaired) electrons. The smallest absolute Gasteiger partial charge is 0.223 e. The molecule has 0 aromatic carbocycles. The van der Waals surface area contributed by atoms with E-state index in [0.717, 1.165) is 25.9 Å². The zero-order chi connectivity index (χ0) is 9.97. The molecule has 14 heavy (non-hydrogen) atoms. The minimum atomic E-state index is -0.332. The van der Waals surface area contributed by atoms with E-state index in [-0.39, 0.29) is 17.9 Å². The molecular formula is C11H17NO2. The molecule has 1 N–H and O–H groups in total. The van der Waals surface area contributed by atoms with Gasteiger partial charge in [0.2, 0.25) is 5.91 Å². The molecule has 2 atom stereocenters. The van der Waals surface area contributed by atoms with Gasteiger partial charge >= 0.3 is 0 Å². The number of aliphatic hydroxyl groups is 1. The van der Waals surface area contributed by atoms with E-state index >= 15 is 0 Å². The van der Waals surface area contributed by atoms with Crippen LogP contribution < -0.4 is 0 Å². The Labute approximate surface area is 84.4 Å². The number of amides is 1. The van der Waals surface area contributed by atoms with Crippen molar-refractivity contribution < 1.29 is 9.90 Å². The molecule has 3 nitrogen and oxygen atoms in total. The van der Waals surface area contributed by atoms with E-state index in [4.69, 9.17) is 0 Å². The van der Waals surface area contributed by atoms with Crippen molar-refractivity contribution in [1.82, 2.24) is 4.90 Å². The number of hydrogen-bond donors (Lipinski definition) is 1. The van der Waals surface area contributed by atoms with Crippen molar-refractivity contribution >= 4 is 5.91 Å². The van der Waals surface area contributed by atoms with Crippen molar-refractivity contribution in [3.8, 4) is 0 Å². The summed E-state index contributed by atoms with van der Waals surface area (Å²) in [5.74, 6) is 0.265. The average molecular weight is 195 g/mol. The van der Waals surface area contributed by atoms with Crippen molar-refractivity contribution in [2.45, 2.75) is 31.8 Å². The molecule has 2 aliphatic rings. The van der Waals surface area contributed by atoms with Gasteiger partial charge in [-0.2, -0.15) is 0 Å². The minimum absolute atomic E-state index is 0.0584. The van der Waals surface area contributed by atoms with E-state index in [1.165, 1.54) is 0 Å². The lowest BCUT2D eigenvalue weighted by atomic mass is 10.0. The van der Waals surface area contributed by atoms with Crippen LogP contribution in [0, 0.1) is 5.92 Å². The van der Waals surface area contributed by atoms with Crippen LogP contribution in [-0.4, -0.2) is 35.1 Å². The second kappa shape index (κ2) is 4.13. The van der Waals surface area contributed by atoms with Gasteiger partial charge < -0.3 is 10.0 Å². The topological polar surface area (TPSA) is 40.5 Å². The second-order valence-corrected chi connectivity index (χ2v) is 4.19. The molecule has 0 bridgehead atoms. The van der Waals surface area contributed by atoms with E-state index in [0.29, 0.717) is 12.8 Å². The SMILES string of the molecule is O=C(C[C@H]1C=CC[C@H]1O)N1CCCC1. The molecule has 0 saturated carbocycles. The van der Waals surface area contributed by atoms with Crippen LogP contribution in [-0.2, 0) is 4.79 Å². The quantitative estimate of drug-likeness (QED) is 0.666. The molecule has 2 rings (SSSR count). The fourth-order valence-electron chi connectivity index (χ4n) is 2.20. The lowest BCUT2D eigenvalue weighted by Gasteiger charge is -2.19. The van der Waals surface area contributed by atoms with Gasteiger partial charge in [0.05, 0.1) is 6.10 Å². The molecule has 1 saturated heterocycles. The summed E-state index contributed by atoms with van der Waals surface area (Å²) < 4.78 is 0. The number of nitrogens with zero attached hydrogens (tertiary/aromatic N) is 1. The van der Waals surface area contributed by atoms with Crippen LogP contribution in [0.25, 0.3) is 0 Å². The molecule has 3 heteroatoms. The summed E-state index contributed by atoms with van der Waals surface area (Å²) in [6.45, 7) is 1.82. The van der Waals surface area contributed by atoms with Crippen LogP contribution in [0.3, 0.4) is 0 Å². The summed E-state index contributed by atoms with van der Waals surface area (Å²) in [6.07, 6.45) is 7.06. The zero-order valence-electron chi connectivity index (χ0n) is 8.35. The number of carbonyl (C=O) groups excluding carboxylic acids is 1. The van der Waals surface area contributed by atoms with Gasteiger partial charge in [-0.3, -0.25) is 4.79 Å². The van der Waals surface area contributed by atoms with Crippen LogP contribution in [0.1, 0.15) is 25.7 Å². The molecule has 1 amide bonds. The van der Waals surface area contributed by atoms with Gasteiger partial charge in [0.1, 0.15) is 0 Å². The number of rotatable bonds is 2. The first-order valence-corrected chi connectivity index (χ1v) is 5.40. The maximum absolute atomic E-state index is 11.7. The Kier molecular flexibility index (Phi) is 2.87. The summed E-state index contributed by atoms with van der Waals surface area (Å²) >= 11 is 0. The van der Waals surface area contributed by atoms with E-state index in [1.807, 2.05) is 17.1 Å². The Bertz CT molecular complexity index is 244. The van der Waals surface area contributed by atoms with Gasteiger partial charge in [-0.15, -0.1) is 0 Å². The van der Waals surface area contributed by atoms with Crippen molar-refractivity contribution in [2.24, 2.45) is 5.92 Å². The summed E-state index contributed by atoms with van der Waals surface area (Å²) in [5, 5.41) is 9.55. The zero-order valence-corrected chi connectivity index (χ0v) is 8.35. The van der Waals surface area contributed by atoms with Crippen molar-refractivity contribution in [2.75, 3.05) is 13.1 Å². The van der Waals surface area contributed by atoms with E-state index in [9.17, 15) is 9.90 Å². The Morgan fingerprint density at radius 2 is 2.14 bits per heavy atom. The van der Waals surface area contributed by atoms with Crippen molar-refractivity contribution in [1.29, 1.82) is 0 Å². The lowest BCUT2D eigenvalue weighted by molar-refractivity contribution is -0.131. The van der Waals surface area contributed by atoms with E-state index < -0.39 is 0 Å². The first-order valence-electron chi connectivity index (χ1n) is 5.40. The standard InChI is InChI=1S/C11H17NO2/c13-10-5-3-4-9(10)8-11(14)12-6-1-2-7-12/h3-4,9-10,13H,1-2,5-8H2/t9-,10-/m1/s1.